The fraction of sp³-hybridized carbons (Fsp3) is 0.0556. The lowest BCUT2D eigenvalue weighted by Gasteiger charge is -2.43. The molecule has 41 heavy (non-hydrogen) atoms. The Morgan fingerprint density at radius 1 is 0.683 bits per heavy atom. The second-order valence-electron chi connectivity index (χ2n) is 11.7. The molecule has 1 aromatic heterocycles. The minimum Gasteiger partial charge on any atom is -0.334 e. The van der Waals surface area contributed by atoms with Crippen LogP contribution in [0.1, 0.15) is 0 Å². The zero-order valence-electron chi connectivity index (χ0n) is 22.4. The molecule has 0 amide bonds. The highest BCUT2D eigenvalue weighted by Gasteiger charge is 2.41. The first-order chi connectivity index (χ1) is 20.3. The minimum atomic E-state index is -0.420. The topological polar surface area (TPSA) is 8.17 Å². The number of fused-ring (bicyclic) bond motifs is 9. The van der Waals surface area contributed by atoms with Crippen molar-refractivity contribution in [2.24, 2.45) is 0 Å². The third-order valence-electron chi connectivity index (χ3n) is 9.62. The zero-order valence-corrected chi connectivity index (χ0v) is 24.6. The molecule has 2 nitrogen and oxygen atoms in total. The maximum Gasteiger partial charge on any atom is 0.249 e. The molecular formula is C36H25BN2SSi. The molecule has 192 valence electrons. The fourth-order valence-electron chi connectivity index (χ4n) is 7.99. The van der Waals surface area contributed by atoms with Crippen LogP contribution in [-0.2, 0) is 0 Å². The van der Waals surface area contributed by atoms with Gasteiger partial charge in [-0.05, 0) is 52.0 Å². The van der Waals surface area contributed by atoms with Gasteiger partial charge in [0, 0.05) is 43.1 Å². The Morgan fingerprint density at radius 2 is 1.49 bits per heavy atom. The van der Waals surface area contributed by atoms with Crippen LogP contribution in [0.25, 0.3) is 27.5 Å². The zero-order chi connectivity index (χ0) is 26.7. The highest BCUT2D eigenvalue weighted by atomic mass is 32.2. The molecule has 4 heterocycles. The summed E-state index contributed by atoms with van der Waals surface area (Å²) < 4.78 is 2.58. The summed E-state index contributed by atoms with van der Waals surface area (Å²) in [5, 5.41) is 4.24. The summed E-state index contributed by atoms with van der Waals surface area (Å²) in [6.45, 7) is 0.235. The van der Waals surface area contributed by atoms with Gasteiger partial charge in [-0.1, -0.05) is 114 Å². The molecule has 0 saturated heterocycles. The Balaban J connectivity index is 1.33. The first-order valence-electron chi connectivity index (χ1n) is 14.5. The third-order valence-corrected chi connectivity index (χ3v) is 13.0. The van der Waals surface area contributed by atoms with Crippen molar-refractivity contribution in [3.8, 4) is 5.69 Å². The quantitative estimate of drug-likeness (QED) is 0.254. The van der Waals surface area contributed by atoms with E-state index in [1.54, 1.807) is 5.19 Å². The van der Waals surface area contributed by atoms with Crippen molar-refractivity contribution in [3.05, 3.63) is 127 Å². The number of hydrogen-bond acceptors (Lipinski definition) is 2. The molecule has 0 saturated carbocycles. The first-order valence-corrected chi connectivity index (χ1v) is 16.9. The Labute approximate surface area is 245 Å². The van der Waals surface area contributed by atoms with E-state index in [1.807, 2.05) is 11.8 Å². The number of allylic oxidation sites excluding steroid dienone is 2. The molecule has 1 aliphatic carbocycles. The Hall–Kier alpha value is -4.19. The van der Waals surface area contributed by atoms with Gasteiger partial charge < -0.3 is 9.47 Å². The fourth-order valence-corrected chi connectivity index (χ4v) is 11.4. The highest BCUT2D eigenvalue weighted by molar-refractivity contribution is 8.00. The van der Waals surface area contributed by atoms with Crippen molar-refractivity contribution in [1.29, 1.82) is 0 Å². The normalized spacial score (nSPS) is 19.8. The predicted octanol–water partition coefficient (Wildman–Crippen LogP) is 5.31. The Bertz CT molecular complexity index is 2160. The smallest absolute Gasteiger partial charge is 0.249 e. The van der Waals surface area contributed by atoms with E-state index in [0.29, 0.717) is 11.6 Å². The molecule has 0 fully saturated rings. The van der Waals surface area contributed by atoms with Crippen LogP contribution in [0.5, 0.6) is 0 Å². The van der Waals surface area contributed by atoms with Crippen LogP contribution in [0.2, 0.25) is 5.54 Å². The van der Waals surface area contributed by atoms with Gasteiger partial charge in [0.25, 0.3) is 0 Å². The molecule has 10 rings (SSSR count). The van der Waals surface area contributed by atoms with E-state index >= 15 is 0 Å². The molecule has 5 aromatic carbocycles. The van der Waals surface area contributed by atoms with Crippen LogP contribution in [0.4, 0.5) is 11.4 Å². The second-order valence-corrected chi connectivity index (χ2v) is 14.9. The lowest BCUT2D eigenvalue weighted by atomic mass is 9.35. The minimum absolute atomic E-state index is 0.235. The molecule has 6 aromatic rings. The van der Waals surface area contributed by atoms with Gasteiger partial charge in [-0.15, -0.1) is 0 Å². The van der Waals surface area contributed by atoms with E-state index in [0.717, 1.165) is 0 Å². The third kappa shape index (κ3) is 2.95. The standard InChI is InChI=1S/C36H25BN2SSi/c1-3-14-27-23(10-1)24-11-9-13-26-36(24)39(27)30-20-22(21-32-35(30)37(26)25-12-2-6-17-31(25)40-32)38-28-15-4-7-18-33(28)41-34-19-8-5-16-29(34)38/h1-21,28,33H,41H2. The van der Waals surface area contributed by atoms with Crippen LogP contribution in [-0.4, -0.2) is 26.8 Å². The number of rotatable bonds is 1. The van der Waals surface area contributed by atoms with E-state index in [1.165, 1.54) is 65.0 Å². The summed E-state index contributed by atoms with van der Waals surface area (Å²) in [5.74, 6) is 0. The average molecular weight is 557 g/mol. The van der Waals surface area contributed by atoms with Gasteiger partial charge in [0.05, 0.1) is 21.1 Å². The predicted molar refractivity (Wildman–Crippen MR) is 179 cm³/mol. The number of benzene rings is 5. The summed E-state index contributed by atoms with van der Waals surface area (Å²) in [7, 11) is -0.420. The molecule has 0 bridgehead atoms. The lowest BCUT2D eigenvalue weighted by Crippen LogP contribution is -2.58. The molecule has 5 heteroatoms. The highest BCUT2D eigenvalue weighted by Crippen LogP contribution is 2.44. The van der Waals surface area contributed by atoms with E-state index < -0.39 is 9.52 Å². The van der Waals surface area contributed by atoms with E-state index in [2.05, 4.69) is 137 Å². The summed E-state index contributed by atoms with van der Waals surface area (Å²) in [5.41, 5.74) is 11.6. The summed E-state index contributed by atoms with van der Waals surface area (Å²) in [4.78, 5) is 5.40. The van der Waals surface area contributed by atoms with E-state index in [9.17, 15) is 0 Å². The van der Waals surface area contributed by atoms with Gasteiger partial charge in [-0.3, -0.25) is 0 Å². The van der Waals surface area contributed by atoms with E-state index in [4.69, 9.17) is 0 Å². The summed E-state index contributed by atoms with van der Waals surface area (Å²) in [6.07, 6.45) is 9.40. The molecule has 0 spiro atoms. The van der Waals surface area contributed by atoms with Crippen molar-refractivity contribution in [3.63, 3.8) is 0 Å². The molecule has 3 aliphatic heterocycles. The summed E-state index contributed by atoms with van der Waals surface area (Å²) >= 11 is 1.95. The van der Waals surface area contributed by atoms with Gasteiger partial charge in [-0.2, -0.15) is 0 Å². The largest absolute Gasteiger partial charge is 0.334 e. The van der Waals surface area contributed by atoms with Crippen molar-refractivity contribution >= 4 is 82.7 Å². The van der Waals surface area contributed by atoms with E-state index in [-0.39, 0.29) is 6.71 Å². The van der Waals surface area contributed by atoms with Crippen molar-refractivity contribution in [2.75, 3.05) is 4.90 Å². The van der Waals surface area contributed by atoms with Crippen molar-refractivity contribution in [1.82, 2.24) is 4.57 Å². The van der Waals surface area contributed by atoms with Crippen molar-refractivity contribution < 1.29 is 0 Å². The maximum atomic E-state index is 2.65. The number of anilines is 2. The maximum absolute atomic E-state index is 2.65. The van der Waals surface area contributed by atoms with Crippen LogP contribution in [0.3, 0.4) is 0 Å². The SMILES string of the molecule is C1=CC2[SiH2]c3ccccc3N(c3cc4c5c(c3)-n3c6ccccc6c6cccc(c63)B5c3ccccc3S4)C2C=C1. The van der Waals surface area contributed by atoms with Gasteiger partial charge in [-0.25, -0.2) is 0 Å². The van der Waals surface area contributed by atoms with Crippen LogP contribution < -0.4 is 26.5 Å². The van der Waals surface area contributed by atoms with Crippen LogP contribution in [0, 0.1) is 0 Å². The van der Waals surface area contributed by atoms with Crippen molar-refractivity contribution in [2.45, 2.75) is 21.4 Å². The number of hydrogen-bond donors (Lipinski definition) is 0. The number of para-hydroxylation sites is 3. The average Bonchev–Trinajstić information content (AvgIpc) is 3.37. The first kappa shape index (κ1) is 22.5. The van der Waals surface area contributed by atoms with Gasteiger partial charge in [0.2, 0.25) is 6.71 Å². The Morgan fingerprint density at radius 3 is 2.49 bits per heavy atom. The van der Waals surface area contributed by atoms with Crippen LogP contribution >= 0.6 is 11.8 Å². The molecular weight excluding hydrogens is 531 g/mol. The Kier molecular flexibility index (Phi) is 4.49. The lowest BCUT2D eigenvalue weighted by molar-refractivity contribution is 0.770. The number of aromatic nitrogens is 1. The number of nitrogens with zero attached hydrogens (tertiary/aromatic N) is 2. The molecule has 2 atom stereocenters. The molecule has 2 unspecified atom stereocenters. The second kappa shape index (κ2) is 8.19. The molecule has 4 aliphatic rings. The summed E-state index contributed by atoms with van der Waals surface area (Å²) in [6, 6.07) is 39.5. The van der Waals surface area contributed by atoms with Gasteiger partial charge in [0.1, 0.15) is 0 Å². The van der Waals surface area contributed by atoms with Crippen LogP contribution in [0.15, 0.2) is 137 Å². The molecule has 0 radical (unpaired) electrons. The monoisotopic (exact) mass is 556 g/mol. The van der Waals surface area contributed by atoms with Gasteiger partial charge >= 0.3 is 0 Å². The molecule has 0 N–H and O–H groups in total. The van der Waals surface area contributed by atoms with Gasteiger partial charge in [0.15, 0.2) is 0 Å².